The van der Waals surface area contributed by atoms with E-state index in [9.17, 15) is 0 Å². The Hall–Kier alpha value is -2.29. The Morgan fingerprint density at radius 2 is 1.56 bits per heavy atom. The Balaban J connectivity index is 2.45. The van der Waals surface area contributed by atoms with Crippen LogP contribution in [0.4, 0.5) is 5.69 Å². The standard InChI is InChI=1S/C13H10N2O/c14-11-7-3-6-10-12(11)8-4-1-2-5-9(8)13(10)15-16/h1-7,16H,14H2/b15-13-. The molecule has 1 aliphatic rings. The number of nitrogen functional groups attached to an aromatic ring is 1. The first kappa shape index (κ1) is 8.97. The SMILES string of the molecule is Nc1cccc2c1-c1ccccc1/C2=N/O. The molecule has 0 aromatic heterocycles. The van der Waals surface area contributed by atoms with E-state index in [-0.39, 0.29) is 0 Å². The van der Waals surface area contributed by atoms with Crippen LogP contribution in [0.25, 0.3) is 11.1 Å². The second kappa shape index (κ2) is 3.10. The van der Waals surface area contributed by atoms with Gasteiger partial charge in [-0.25, -0.2) is 0 Å². The van der Waals surface area contributed by atoms with Crippen molar-refractivity contribution >= 4 is 11.4 Å². The van der Waals surface area contributed by atoms with Gasteiger partial charge in [0.05, 0.1) is 0 Å². The summed E-state index contributed by atoms with van der Waals surface area (Å²) in [5, 5.41) is 12.5. The number of nitrogens with two attached hydrogens (primary N) is 1. The molecular weight excluding hydrogens is 200 g/mol. The molecule has 0 fully saturated rings. The lowest BCUT2D eigenvalue weighted by atomic mass is 10.0. The Morgan fingerprint density at radius 3 is 2.31 bits per heavy atom. The molecule has 0 spiro atoms. The molecule has 0 aliphatic heterocycles. The normalized spacial score (nSPS) is 14.9. The summed E-state index contributed by atoms with van der Waals surface area (Å²) in [6.07, 6.45) is 0. The lowest BCUT2D eigenvalue weighted by Crippen LogP contribution is -1.97. The van der Waals surface area contributed by atoms with E-state index in [1.807, 2.05) is 42.5 Å². The third kappa shape index (κ3) is 0.997. The third-order valence-corrected chi connectivity index (χ3v) is 2.90. The minimum Gasteiger partial charge on any atom is -0.410 e. The molecule has 0 atom stereocenters. The van der Waals surface area contributed by atoms with E-state index in [0.29, 0.717) is 11.4 Å². The molecule has 0 amide bonds. The van der Waals surface area contributed by atoms with Crippen LogP contribution in [0.1, 0.15) is 11.1 Å². The van der Waals surface area contributed by atoms with Crippen molar-refractivity contribution in [2.24, 2.45) is 5.16 Å². The maximum atomic E-state index is 9.10. The zero-order valence-electron chi connectivity index (χ0n) is 8.51. The van der Waals surface area contributed by atoms with E-state index in [4.69, 9.17) is 10.9 Å². The minimum atomic E-state index is 0.595. The molecule has 78 valence electrons. The number of hydrogen-bond donors (Lipinski definition) is 2. The largest absolute Gasteiger partial charge is 0.410 e. The summed E-state index contributed by atoms with van der Waals surface area (Å²) in [5.74, 6) is 0. The maximum absolute atomic E-state index is 9.10. The highest BCUT2D eigenvalue weighted by molar-refractivity contribution is 6.25. The molecule has 2 aromatic carbocycles. The topological polar surface area (TPSA) is 58.6 Å². The van der Waals surface area contributed by atoms with E-state index in [2.05, 4.69) is 5.16 Å². The molecule has 16 heavy (non-hydrogen) atoms. The molecule has 0 heterocycles. The lowest BCUT2D eigenvalue weighted by Gasteiger charge is -2.03. The fraction of sp³-hybridized carbons (Fsp3) is 0. The van der Waals surface area contributed by atoms with Crippen molar-refractivity contribution in [3.63, 3.8) is 0 Å². The van der Waals surface area contributed by atoms with Crippen molar-refractivity contribution < 1.29 is 5.21 Å². The molecule has 0 saturated carbocycles. The van der Waals surface area contributed by atoms with Gasteiger partial charge < -0.3 is 10.9 Å². The lowest BCUT2D eigenvalue weighted by molar-refractivity contribution is 0.320. The van der Waals surface area contributed by atoms with Crippen LogP contribution in [0.2, 0.25) is 0 Å². The van der Waals surface area contributed by atoms with Gasteiger partial charge in [-0.3, -0.25) is 0 Å². The van der Waals surface area contributed by atoms with Crippen LogP contribution in [0.15, 0.2) is 47.6 Å². The van der Waals surface area contributed by atoms with Crippen molar-refractivity contribution in [3.05, 3.63) is 53.6 Å². The molecule has 1 aliphatic carbocycles. The Morgan fingerprint density at radius 1 is 0.875 bits per heavy atom. The zero-order valence-corrected chi connectivity index (χ0v) is 8.51. The summed E-state index contributed by atoms with van der Waals surface area (Å²) >= 11 is 0. The van der Waals surface area contributed by atoms with Gasteiger partial charge in [0, 0.05) is 22.4 Å². The zero-order chi connectivity index (χ0) is 11.1. The Labute approximate surface area is 92.8 Å². The second-order valence-electron chi connectivity index (χ2n) is 3.76. The predicted octanol–water partition coefficient (Wildman–Crippen LogP) is 2.48. The third-order valence-electron chi connectivity index (χ3n) is 2.90. The summed E-state index contributed by atoms with van der Waals surface area (Å²) in [4.78, 5) is 0. The smallest absolute Gasteiger partial charge is 0.118 e. The number of hydrogen-bond acceptors (Lipinski definition) is 3. The van der Waals surface area contributed by atoms with Crippen LogP contribution in [0, 0.1) is 0 Å². The van der Waals surface area contributed by atoms with Crippen molar-refractivity contribution in [1.29, 1.82) is 0 Å². The molecule has 3 heteroatoms. The van der Waals surface area contributed by atoms with Crippen LogP contribution < -0.4 is 5.73 Å². The molecule has 0 unspecified atom stereocenters. The summed E-state index contributed by atoms with van der Waals surface area (Å²) in [6.45, 7) is 0. The van der Waals surface area contributed by atoms with E-state index < -0.39 is 0 Å². The molecule has 2 aromatic rings. The van der Waals surface area contributed by atoms with Gasteiger partial charge in [0.2, 0.25) is 0 Å². The summed E-state index contributed by atoms with van der Waals surface area (Å²) in [7, 11) is 0. The van der Waals surface area contributed by atoms with Gasteiger partial charge in [-0.15, -0.1) is 0 Å². The first-order chi connectivity index (χ1) is 7.83. The minimum absolute atomic E-state index is 0.595. The first-order valence-corrected chi connectivity index (χ1v) is 5.03. The number of nitrogens with zero attached hydrogens (tertiary/aromatic N) is 1. The van der Waals surface area contributed by atoms with Crippen LogP contribution in [0.5, 0.6) is 0 Å². The number of rotatable bonds is 0. The number of benzene rings is 2. The summed E-state index contributed by atoms with van der Waals surface area (Å²) in [6, 6.07) is 13.4. The Kier molecular flexibility index (Phi) is 1.74. The van der Waals surface area contributed by atoms with Crippen molar-refractivity contribution in [2.75, 3.05) is 5.73 Å². The fourth-order valence-electron chi connectivity index (χ4n) is 2.23. The molecule has 3 N–H and O–H groups in total. The number of anilines is 1. The second-order valence-corrected chi connectivity index (χ2v) is 3.76. The van der Waals surface area contributed by atoms with Gasteiger partial charge in [-0.1, -0.05) is 41.6 Å². The maximum Gasteiger partial charge on any atom is 0.118 e. The monoisotopic (exact) mass is 210 g/mol. The van der Waals surface area contributed by atoms with Gasteiger partial charge in [0.25, 0.3) is 0 Å². The van der Waals surface area contributed by atoms with Gasteiger partial charge in [0.15, 0.2) is 0 Å². The van der Waals surface area contributed by atoms with Crippen LogP contribution in [-0.2, 0) is 0 Å². The first-order valence-electron chi connectivity index (χ1n) is 5.03. The quantitative estimate of drug-likeness (QED) is 0.340. The average molecular weight is 210 g/mol. The number of fused-ring (bicyclic) bond motifs is 3. The van der Waals surface area contributed by atoms with Crippen molar-refractivity contribution in [1.82, 2.24) is 0 Å². The molecular formula is C13H10N2O. The average Bonchev–Trinajstić information content (AvgIpc) is 2.64. The molecule has 0 radical (unpaired) electrons. The van der Waals surface area contributed by atoms with Gasteiger partial charge in [0.1, 0.15) is 5.71 Å². The highest BCUT2D eigenvalue weighted by atomic mass is 16.4. The summed E-state index contributed by atoms with van der Waals surface area (Å²) < 4.78 is 0. The predicted molar refractivity (Wildman–Crippen MR) is 63.7 cm³/mol. The fourth-order valence-corrected chi connectivity index (χ4v) is 2.23. The van der Waals surface area contributed by atoms with Crippen LogP contribution >= 0.6 is 0 Å². The highest BCUT2D eigenvalue weighted by Gasteiger charge is 2.26. The highest BCUT2D eigenvalue weighted by Crippen LogP contribution is 2.40. The molecule has 3 nitrogen and oxygen atoms in total. The van der Waals surface area contributed by atoms with Gasteiger partial charge >= 0.3 is 0 Å². The van der Waals surface area contributed by atoms with Crippen LogP contribution in [0.3, 0.4) is 0 Å². The van der Waals surface area contributed by atoms with Crippen molar-refractivity contribution in [2.45, 2.75) is 0 Å². The van der Waals surface area contributed by atoms with E-state index in [1.54, 1.807) is 0 Å². The van der Waals surface area contributed by atoms with E-state index in [1.165, 1.54) is 0 Å². The Bertz CT molecular complexity index is 603. The van der Waals surface area contributed by atoms with Crippen LogP contribution in [-0.4, -0.2) is 10.9 Å². The summed E-state index contributed by atoms with van der Waals surface area (Å²) in [5.41, 5.74) is 11.1. The number of oxime groups is 1. The van der Waals surface area contributed by atoms with E-state index in [0.717, 1.165) is 22.3 Å². The van der Waals surface area contributed by atoms with E-state index >= 15 is 0 Å². The molecule has 0 bridgehead atoms. The van der Waals surface area contributed by atoms with Gasteiger partial charge in [-0.05, 0) is 11.6 Å². The van der Waals surface area contributed by atoms with Crippen molar-refractivity contribution in [3.8, 4) is 11.1 Å². The molecule has 3 rings (SSSR count). The van der Waals surface area contributed by atoms with Gasteiger partial charge in [-0.2, -0.15) is 0 Å². The molecule has 0 saturated heterocycles.